The van der Waals surface area contributed by atoms with Gasteiger partial charge < -0.3 is 5.32 Å². The van der Waals surface area contributed by atoms with E-state index < -0.39 is 0 Å². The minimum Gasteiger partial charge on any atom is -0.387 e. The molecule has 0 aromatic carbocycles. The van der Waals surface area contributed by atoms with E-state index in [0.29, 0.717) is 6.42 Å². The molecular weight excluding hydrogens is 150 g/mol. The molecule has 0 spiro atoms. The smallest absolute Gasteiger partial charge is 0.134 e. The number of ketones is 1. The third-order valence-electron chi connectivity index (χ3n) is 1.55. The van der Waals surface area contributed by atoms with E-state index in [-0.39, 0.29) is 5.78 Å². The highest BCUT2D eigenvalue weighted by Gasteiger charge is 1.96. The van der Waals surface area contributed by atoms with Gasteiger partial charge in [0.15, 0.2) is 0 Å². The summed E-state index contributed by atoms with van der Waals surface area (Å²) >= 11 is 0. The number of hydrogen-bond donors (Lipinski definition) is 1. The zero-order valence-electron chi connectivity index (χ0n) is 7.21. The SMILES string of the molecule is CC(=O)CC1=CC=CCNC=C1. The number of carbonyl (C=O) groups excluding carboxylic acids is 1. The lowest BCUT2D eigenvalue weighted by Gasteiger charge is -2.01. The Kier molecular flexibility index (Phi) is 3.33. The lowest BCUT2D eigenvalue weighted by molar-refractivity contribution is -0.116. The molecule has 2 heteroatoms. The average Bonchev–Trinajstić information content (AvgIpc) is 1.93. The predicted molar refractivity (Wildman–Crippen MR) is 49.7 cm³/mol. The summed E-state index contributed by atoms with van der Waals surface area (Å²) < 4.78 is 0. The fourth-order valence-electron chi connectivity index (χ4n) is 1.02. The maximum atomic E-state index is 10.8. The first-order chi connectivity index (χ1) is 5.79. The standard InChI is InChI=1S/C10H13NO/c1-9(12)8-10-4-2-3-6-11-7-5-10/h2-5,7,11H,6,8H2,1H3. The summed E-state index contributed by atoms with van der Waals surface area (Å²) in [6.07, 6.45) is 10.3. The van der Waals surface area contributed by atoms with Gasteiger partial charge in [-0.2, -0.15) is 0 Å². The third-order valence-corrected chi connectivity index (χ3v) is 1.55. The molecule has 0 aromatic heterocycles. The first-order valence-electron chi connectivity index (χ1n) is 4.04. The summed E-state index contributed by atoms with van der Waals surface area (Å²) in [5.41, 5.74) is 1.05. The molecule has 0 bridgehead atoms. The summed E-state index contributed by atoms with van der Waals surface area (Å²) in [5.74, 6) is 0.194. The molecule has 0 aromatic rings. The van der Waals surface area contributed by atoms with Crippen molar-refractivity contribution in [1.29, 1.82) is 0 Å². The first kappa shape index (κ1) is 8.78. The van der Waals surface area contributed by atoms with Gasteiger partial charge in [0.1, 0.15) is 5.78 Å². The highest BCUT2D eigenvalue weighted by Crippen LogP contribution is 2.05. The maximum absolute atomic E-state index is 10.8. The van der Waals surface area contributed by atoms with Crippen molar-refractivity contribution in [2.45, 2.75) is 13.3 Å². The van der Waals surface area contributed by atoms with E-state index in [1.165, 1.54) is 0 Å². The molecule has 1 aliphatic rings. The van der Waals surface area contributed by atoms with Gasteiger partial charge in [0.25, 0.3) is 0 Å². The largest absolute Gasteiger partial charge is 0.387 e. The molecule has 0 saturated heterocycles. The molecule has 2 nitrogen and oxygen atoms in total. The van der Waals surface area contributed by atoms with E-state index in [1.807, 2.05) is 30.5 Å². The maximum Gasteiger partial charge on any atom is 0.134 e. The van der Waals surface area contributed by atoms with Crippen molar-refractivity contribution in [2.75, 3.05) is 6.54 Å². The van der Waals surface area contributed by atoms with Gasteiger partial charge in [-0.3, -0.25) is 4.79 Å². The van der Waals surface area contributed by atoms with Crippen LogP contribution in [0.2, 0.25) is 0 Å². The van der Waals surface area contributed by atoms with Crippen molar-refractivity contribution >= 4 is 5.78 Å². The quantitative estimate of drug-likeness (QED) is 0.669. The van der Waals surface area contributed by atoms with Crippen LogP contribution in [0.3, 0.4) is 0 Å². The van der Waals surface area contributed by atoms with Crippen LogP contribution >= 0.6 is 0 Å². The van der Waals surface area contributed by atoms with E-state index in [2.05, 4.69) is 5.32 Å². The van der Waals surface area contributed by atoms with Gasteiger partial charge in [0.05, 0.1) is 0 Å². The van der Waals surface area contributed by atoms with Gasteiger partial charge in [-0.1, -0.05) is 18.2 Å². The van der Waals surface area contributed by atoms with Gasteiger partial charge in [0, 0.05) is 13.0 Å². The van der Waals surface area contributed by atoms with E-state index in [4.69, 9.17) is 0 Å². The molecule has 12 heavy (non-hydrogen) atoms. The Labute approximate surface area is 72.7 Å². The molecule has 1 heterocycles. The Bertz CT molecular complexity index is 249. The van der Waals surface area contributed by atoms with E-state index in [1.54, 1.807) is 6.92 Å². The van der Waals surface area contributed by atoms with Crippen LogP contribution in [0.1, 0.15) is 13.3 Å². The van der Waals surface area contributed by atoms with Gasteiger partial charge >= 0.3 is 0 Å². The summed E-state index contributed by atoms with van der Waals surface area (Å²) in [4.78, 5) is 10.8. The van der Waals surface area contributed by atoms with Gasteiger partial charge in [0.2, 0.25) is 0 Å². The summed E-state index contributed by atoms with van der Waals surface area (Å²) in [6, 6.07) is 0. The van der Waals surface area contributed by atoms with Crippen LogP contribution < -0.4 is 5.32 Å². The van der Waals surface area contributed by atoms with Crippen LogP contribution in [0.15, 0.2) is 36.1 Å². The van der Waals surface area contributed by atoms with E-state index in [0.717, 1.165) is 12.1 Å². The van der Waals surface area contributed by atoms with Crippen LogP contribution in [0.25, 0.3) is 0 Å². The van der Waals surface area contributed by atoms with Crippen LogP contribution in [0, 0.1) is 0 Å². The molecule has 0 radical (unpaired) electrons. The van der Waals surface area contributed by atoms with Crippen LogP contribution in [0.4, 0.5) is 0 Å². The highest BCUT2D eigenvalue weighted by atomic mass is 16.1. The predicted octanol–water partition coefficient (Wildman–Crippen LogP) is 1.56. The fraction of sp³-hybridized carbons (Fsp3) is 0.300. The Morgan fingerprint density at radius 3 is 3.25 bits per heavy atom. The number of Topliss-reactive ketones (excluding diaryl/α,β-unsaturated/α-hetero) is 1. The molecule has 0 atom stereocenters. The molecule has 0 fully saturated rings. The first-order valence-corrected chi connectivity index (χ1v) is 4.04. The number of hydrogen-bond acceptors (Lipinski definition) is 2. The second kappa shape index (κ2) is 4.54. The van der Waals surface area contributed by atoms with Crippen molar-refractivity contribution in [1.82, 2.24) is 5.32 Å². The molecule has 1 rings (SSSR count). The van der Waals surface area contributed by atoms with Crippen molar-refractivity contribution < 1.29 is 4.79 Å². The number of nitrogens with one attached hydrogen (secondary N) is 1. The van der Waals surface area contributed by atoms with Crippen molar-refractivity contribution in [3.63, 3.8) is 0 Å². The molecule has 0 amide bonds. The van der Waals surface area contributed by atoms with Crippen molar-refractivity contribution in [2.24, 2.45) is 0 Å². The molecule has 0 aliphatic carbocycles. The molecule has 1 N–H and O–H groups in total. The Hall–Kier alpha value is -1.31. The third kappa shape index (κ3) is 3.19. The lowest BCUT2D eigenvalue weighted by Crippen LogP contribution is -2.05. The topological polar surface area (TPSA) is 29.1 Å². The molecule has 0 unspecified atom stereocenters. The summed E-state index contributed by atoms with van der Waals surface area (Å²) in [6.45, 7) is 2.45. The normalized spacial score (nSPS) is 15.9. The summed E-state index contributed by atoms with van der Waals surface area (Å²) in [5, 5.41) is 3.07. The molecular formula is C10H13NO. The van der Waals surface area contributed by atoms with Crippen LogP contribution in [0.5, 0.6) is 0 Å². The molecule has 1 aliphatic heterocycles. The Morgan fingerprint density at radius 1 is 1.67 bits per heavy atom. The van der Waals surface area contributed by atoms with Gasteiger partial charge in [-0.05, 0) is 24.8 Å². The number of allylic oxidation sites excluding steroid dienone is 4. The second-order valence-corrected chi connectivity index (χ2v) is 2.79. The van der Waals surface area contributed by atoms with Gasteiger partial charge in [-0.15, -0.1) is 0 Å². The molecule has 0 saturated carbocycles. The number of rotatable bonds is 2. The zero-order chi connectivity index (χ0) is 8.81. The average molecular weight is 163 g/mol. The Morgan fingerprint density at radius 2 is 2.50 bits per heavy atom. The van der Waals surface area contributed by atoms with Crippen LogP contribution in [-0.4, -0.2) is 12.3 Å². The van der Waals surface area contributed by atoms with Gasteiger partial charge in [-0.25, -0.2) is 0 Å². The van der Waals surface area contributed by atoms with Crippen molar-refractivity contribution in [3.8, 4) is 0 Å². The highest BCUT2D eigenvalue weighted by molar-refractivity contribution is 5.78. The van der Waals surface area contributed by atoms with E-state index >= 15 is 0 Å². The zero-order valence-corrected chi connectivity index (χ0v) is 7.21. The monoisotopic (exact) mass is 163 g/mol. The van der Waals surface area contributed by atoms with Crippen molar-refractivity contribution in [3.05, 3.63) is 36.1 Å². The minimum absolute atomic E-state index is 0.194. The molecule has 64 valence electrons. The Balaban J connectivity index is 2.64. The van der Waals surface area contributed by atoms with E-state index in [9.17, 15) is 4.79 Å². The lowest BCUT2D eigenvalue weighted by atomic mass is 10.1. The summed E-state index contributed by atoms with van der Waals surface area (Å²) in [7, 11) is 0. The van der Waals surface area contributed by atoms with Crippen LogP contribution in [-0.2, 0) is 4.79 Å². The minimum atomic E-state index is 0.194. The fourth-order valence-corrected chi connectivity index (χ4v) is 1.02. The number of carbonyl (C=O) groups is 1. The second-order valence-electron chi connectivity index (χ2n) is 2.79.